The number of aryl methyl sites for hydroxylation is 2. The molecule has 178 valence electrons. The van der Waals surface area contributed by atoms with E-state index in [0.717, 1.165) is 51.1 Å². The Kier molecular flexibility index (Phi) is 6.90. The highest BCUT2D eigenvalue weighted by Gasteiger charge is 2.27. The summed E-state index contributed by atoms with van der Waals surface area (Å²) in [7, 11) is -3.87. The van der Waals surface area contributed by atoms with E-state index >= 15 is 0 Å². The fraction of sp³-hybridized carbons (Fsp3) is 0.500. The minimum Gasteiger partial charge on any atom is -0.478 e. The number of likely N-dealkylation sites (tertiary alicyclic amines) is 1. The van der Waals surface area contributed by atoms with Crippen molar-refractivity contribution in [1.29, 1.82) is 0 Å². The molecule has 0 unspecified atom stereocenters. The number of pyridine rings is 1. The summed E-state index contributed by atoms with van der Waals surface area (Å²) in [4.78, 5) is 21.2. The van der Waals surface area contributed by atoms with Gasteiger partial charge in [-0.1, -0.05) is 12.1 Å². The van der Waals surface area contributed by atoms with Crippen LogP contribution in [0.25, 0.3) is 0 Å². The normalized spacial score (nSPS) is 19.6. The summed E-state index contributed by atoms with van der Waals surface area (Å²) in [5.41, 5.74) is 1.60. The second-order valence-corrected chi connectivity index (χ2v) is 10.9. The number of sulfonamides is 1. The van der Waals surface area contributed by atoms with Crippen molar-refractivity contribution in [3.05, 3.63) is 47.2 Å². The van der Waals surface area contributed by atoms with Crippen molar-refractivity contribution in [2.75, 3.05) is 42.3 Å². The molecule has 2 aliphatic rings. The second kappa shape index (κ2) is 9.69. The van der Waals surface area contributed by atoms with Gasteiger partial charge < -0.3 is 14.9 Å². The van der Waals surface area contributed by atoms with E-state index in [1.807, 2.05) is 17.9 Å². The van der Waals surface area contributed by atoms with Gasteiger partial charge in [0.25, 0.3) is 10.0 Å². The number of anilines is 2. The monoisotopic (exact) mass is 472 g/mol. The Hall–Kier alpha value is -2.65. The number of nitrogens with one attached hydrogen (secondary N) is 1. The van der Waals surface area contributed by atoms with E-state index in [1.165, 1.54) is 25.1 Å². The number of carboxylic acids is 1. The first-order chi connectivity index (χ1) is 15.7. The summed E-state index contributed by atoms with van der Waals surface area (Å²) in [5.74, 6) is -0.238. The molecular formula is C24H32N4O4S. The van der Waals surface area contributed by atoms with Crippen molar-refractivity contribution in [3.8, 4) is 0 Å². The molecule has 1 aromatic carbocycles. The Bertz CT molecular complexity index is 1130. The number of carboxylic acid groups (broad SMARTS) is 1. The number of rotatable bonds is 7. The summed E-state index contributed by atoms with van der Waals surface area (Å²) < 4.78 is 28.4. The molecule has 1 atom stereocenters. The standard InChI is InChI=1S/C24H32N4O4S/c1-17-7-8-18(2)22(12-17)33(31,32)26-20-13-21(24(29)30)23(25-14-20)28-11-5-6-19(16-28)15-27-9-3-4-10-27/h7-8,12-14,19,26H,3-6,9-11,15-16H2,1-2H3,(H,29,30)/t19-/m0/s1. The summed E-state index contributed by atoms with van der Waals surface area (Å²) >= 11 is 0. The van der Waals surface area contributed by atoms with Crippen LogP contribution < -0.4 is 9.62 Å². The van der Waals surface area contributed by atoms with Crippen molar-refractivity contribution >= 4 is 27.5 Å². The Morgan fingerprint density at radius 2 is 1.91 bits per heavy atom. The Morgan fingerprint density at radius 3 is 2.64 bits per heavy atom. The average molecular weight is 473 g/mol. The molecule has 2 aliphatic heterocycles. The molecular weight excluding hydrogens is 440 g/mol. The zero-order valence-corrected chi connectivity index (χ0v) is 20.1. The zero-order valence-electron chi connectivity index (χ0n) is 19.2. The van der Waals surface area contributed by atoms with Gasteiger partial charge in [-0.15, -0.1) is 0 Å². The fourth-order valence-electron chi connectivity index (χ4n) is 4.87. The third-order valence-electron chi connectivity index (χ3n) is 6.52. The van der Waals surface area contributed by atoms with Crippen molar-refractivity contribution in [3.63, 3.8) is 0 Å². The summed E-state index contributed by atoms with van der Waals surface area (Å²) in [6.07, 6.45) is 6.03. The first-order valence-electron chi connectivity index (χ1n) is 11.5. The van der Waals surface area contributed by atoms with Crippen molar-refractivity contribution in [2.45, 2.75) is 44.4 Å². The lowest BCUT2D eigenvalue weighted by Gasteiger charge is -2.36. The highest BCUT2D eigenvalue weighted by molar-refractivity contribution is 7.92. The van der Waals surface area contributed by atoms with Crippen LogP contribution in [0.5, 0.6) is 0 Å². The molecule has 8 nitrogen and oxygen atoms in total. The third-order valence-corrected chi connectivity index (χ3v) is 8.04. The molecule has 0 amide bonds. The molecule has 1 aromatic heterocycles. The lowest BCUT2D eigenvalue weighted by atomic mass is 9.97. The first kappa shape index (κ1) is 23.5. The second-order valence-electron chi connectivity index (χ2n) is 9.24. The molecule has 4 rings (SSSR count). The van der Waals surface area contributed by atoms with E-state index in [9.17, 15) is 18.3 Å². The SMILES string of the molecule is Cc1ccc(C)c(S(=O)(=O)Nc2cnc(N3CCC[C@@H](CN4CCCC4)C3)c(C(=O)O)c2)c1. The molecule has 33 heavy (non-hydrogen) atoms. The molecule has 2 fully saturated rings. The van der Waals surface area contributed by atoms with Crippen LogP contribution in [0.15, 0.2) is 35.4 Å². The Balaban J connectivity index is 1.55. The van der Waals surface area contributed by atoms with Gasteiger partial charge in [0.15, 0.2) is 0 Å². The van der Waals surface area contributed by atoms with Gasteiger partial charge in [-0.2, -0.15) is 0 Å². The van der Waals surface area contributed by atoms with Crippen LogP contribution in [0.4, 0.5) is 11.5 Å². The van der Waals surface area contributed by atoms with Gasteiger partial charge in [0, 0.05) is 19.6 Å². The topological polar surface area (TPSA) is 103 Å². The van der Waals surface area contributed by atoms with Crippen LogP contribution in [-0.2, 0) is 10.0 Å². The molecule has 0 radical (unpaired) electrons. The lowest BCUT2D eigenvalue weighted by molar-refractivity contribution is 0.0697. The van der Waals surface area contributed by atoms with E-state index in [4.69, 9.17) is 0 Å². The van der Waals surface area contributed by atoms with E-state index < -0.39 is 16.0 Å². The Labute approximate surface area is 195 Å². The third kappa shape index (κ3) is 5.47. The molecule has 0 aliphatic carbocycles. The maximum absolute atomic E-state index is 12.9. The number of nitrogens with zero attached hydrogens (tertiary/aromatic N) is 3. The lowest BCUT2D eigenvalue weighted by Crippen LogP contribution is -2.41. The summed E-state index contributed by atoms with van der Waals surface area (Å²) in [5, 5.41) is 9.86. The highest BCUT2D eigenvalue weighted by atomic mass is 32.2. The van der Waals surface area contributed by atoms with Gasteiger partial charge in [0.1, 0.15) is 11.4 Å². The molecule has 0 spiro atoms. The van der Waals surface area contributed by atoms with Crippen LogP contribution in [0.1, 0.15) is 47.2 Å². The Morgan fingerprint density at radius 1 is 1.15 bits per heavy atom. The van der Waals surface area contributed by atoms with Crippen LogP contribution in [-0.4, -0.2) is 62.1 Å². The first-order valence-corrected chi connectivity index (χ1v) is 13.0. The van der Waals surface area contributed by atoms with Crippen LogP contribution in [0.2, 0.25) is 0 Å². The molecule has 2 N–H and O–H groups in total. The number of piperidine rings is 1. The number of aromatic nitrogens is 1. The average Bonchev–Trinajstić information content (AvgIpc) is 3.28. The van der Waals surface area contributed by atoms with Crippen LogP contribution in [0, 0.1) is 19.8 Å². The zero-order chi connectivity index (χ0) is 23.6. The van der Waals surface area contributed by atoms with Gasteiger partial charge in [0.05, 0.1) is 16.8 Å². The van der Waals surface area contributed by atoms with Crippen LogP contribution >= 0.6 is 0 Å². The molecule has 9 heteroatoms. The van der Waals surface area contributed by atoms with Crippen molar-refractivity contribution in [2.24, 2.45) is 5.92 Å². The number of aromatic carboxylic acids is 1. The molecule has 2 saturated heterocycles. The van der Waals surface area contributed by atoms with E-state index in [-0.39, 0.29) is 16.1 Å². The van der Waals surface area contributed by atoms with E-state index in [0.29, 0.717) is 17.3 Å². The van der Waals surface area contributed by atoms with E-state index in [2.05, 4.69) is 14.6 Å². The summed E-state index contributed by atoms with van der Waals surface area (Å²) in [6.45, 7) is 8.38. The number of hydrogen-bond donors (Lipinski definition) is 2. The minimum atomic E-state index is -3.87. The maximum atomic E-state index is 12.9. The quantitative estimate of drug-likeness (QED) is 0.636. The number of hydrogen-bond acceptors (Lipinski definition) is 6. The molecule has 0 bridgehead atoms. The summed E-state index contributed by atoms with van der Waals surface area (Å²) in [6, 6.07) is 6.58. The van der Waals surface area contributed by atoms with E-state index in [1.54, 1.807) is 19.1 Å². The van der Waals surface area contributed by atoms with Gasteiger partial charge >= 0.3 is 5.97 Å². The van der Waals surface area contributed by atoms with Gasteiger partial charge in [-0.05, 0) is 81.8 Å². The van der Waals surface area contributed by atoms with Gasteiger partial charge in [0.2, 0.25) is 0 Å². The van der Waals surface area contributed by atoms with Gasteiger partial charge in [-0.25, -0.2) is 18.2 Å². The number of benzene rings is 1. The van der Waals surface area contributed by atoms with Crippen molar-refractivity contribution < 1.29 is 18.3 Å². The molecule has 2 aromatic rings. The van der Waals surface area contributed by atoms with Crippen LogP contribution in [0.3, 0.4) is 0 Å². The smallest absolute Gasteiger partial charge is 0.339 e. The largest absolute Gasteiger partial charge is 0.478 e. The fourth-order valence-corrected chi connectivity index (χ4v) is 6.23. The predicted molar refractivity (Wildman–Crippen MR) is 129 cm³/mol. The highest BCUT2D eigenvalue weighted by Crippen LogP contribution is 2.29. The number of carbonyl (C=O) groups is 1. The van der Waals surface area contributed by atoms with Gasteiger partial charge in [-0.3, -0.25) is 4.72 Å². The molecule has 3 heterocycles. The minimum absolute atomic E-state index is 0.0120. The maximum Gasteiger partial charge on any atom is 0.339 e. The van der Waals surface area contributed by atoms with Crippen molar-refractivity contribution in [1.82, 2.24) is 9.88 Å². The molecule has 0 saturated carbocycles. The predicted octanol–water partition coefficient (Wildman–Crippen LogP) is 3.51.